The van der Waals surface area contributed by atoms with Crippen LogP contribution in [0.5, 0.6) is 11.6 Å². The van der Waals surface area contributed by atoms with Crippen molar-refractivity contribution >= 4 is 16.7 Å². The van der Waals surface area contributed by atoms with Gasteiger partial charge in [0.1, 0.15) is 11.6 Å². The molecule has 31 heavy (non-hydrogen) atoms. The summed E-state index contributed by atoms with van der Waals surface area (Å²) < 4.78 is 28.6. The van der Waals surface area contributed by atoms with Crippen molar-refractivity contribution in [1.29, 1.82) is 0 Å². The third kappa shape index (κ3) is 3.59. The summed E-state index contributed by atoms with van der Waals surface area (Å²) in [4.78, 5) is 29.1. The summed E-state index contributed by atoms with van der Waals surface area (Å²) in [6.45, 7) is 0.00269. The van der Waals surface area contributed by atoms with Gasteiger partial charge in [0.2, 0.25) is 17.6 Å². The normalized spacial score (nSPS) is 11.1. The summed E-state index contributed by atoms with van der Waals surface area (Å²) in [7, 11) is 1.30. The quantitative estimate of drug-likeness (QED) is 0.464. The number of nitrogens with zero attached hydrogens (tertiary/aromatic N) is 3. The Hall–Kier alpha value is -4.21. The van der Waals surface area contributed by atoms with Gasteiger partial charge in [0.05, 0.1) is 0 Å². The first-order chi connectivity index (χ1) is 14.8. The number of aromatic hydroxyl groups is 2. The second-order valence-electron chi connectivity index (χ2n) is 6.84. The fourth-order valence-electron chi connectivity index (χ4n) is 3.14. The van der Waals surface area contributed by atoms with E-state index in [0.717, 1.165) is 15.2 Å². The van der Waals surface area contributed by atoms with Gasteiger partial charge in [-0.1, -0.05) is 12.1 Å². The van der Waals surface area contributed by atoms with Crippen LogP contribution in [-0.4, -0.2) is 30.2 Å². The molecule has 10 heteroatoms. The Morgan fingerprint density at radius 3 is 2.48 bits per heavy atom. The molecule has 0 radical (unpaired) electrons. The van der Waals surface area contributed by atoms with Gasteiger partial charge in [-0.15, -0.1) is 0 Å². The van der Waals surface area contributed by atoms with Gasteiger partial charge in [0.15, 0.2) is 5.69 Å². The molecular formula is C21H16F2N4O4. The maximum absolute atomic E-state index is 13.5. The van der Waals surface area contributed by atoms with E-state index in [1.54, 1.807) is 0 Å². The van der Waals surface area contributed by atoms with Gasteiger partial charge in [-0.2, -0.15) is 0 Å². The van der Waals surface area contributed by atoms with Crippen molar-refractivity contribution in [2.24, 2.45) is 7.05 Å². The van der Waals surface area contributed by atoms with Crippen LogP contribution in [0.2, 0.25) is 0 Å². The summed E-state index contributed by atoms with van der Waals surface area (Å²) in [5.41, 5.74) is -0.876. The van der Waals surface area contributed by atoms with Crippen LogP contribution in [0.4, 0.5) is 8.78 Å². The predicted molar refractivity (Wildman–Crippen MR) is 107 cm³/mol. The molecule has 2 aromatic carbocycles. The molecule has 0 aliphatic rings. The van der Waals surface area contributed by atoms with E-state index < -0.39 is 34.5 Å². The number of rotatable bonds is 4. The van der Waals surface area contributed by atoms with E-state index in [1.807, 2.05) is 0 Å². The monoisotopic (exact) mass is 426 g/mol. The van der Waals surface area contributed by atoms with Crippen LogP contribution in [0.15, 0.2) is 53.5 Å². The number of amides is 1. The zero-order valence-electron chi connectivity index (χ0n) is 16.1. The maximum atomic E-state index is 13.5. The SMILES string of the molecule is Cn1c(-n2cc3ccc(F)cc3c2O)nc(C(=O)NCc2ccc(F)cc2)c(O)c1=O. The molecule has 0 saturated carbocycles. The molecule has 4 rings (SSSR count). The van der Waals surface area contributed by atoms with E-state index >= 15 is 0 Å². The van der Waals surface area contributed by atoms with E-state index in [0.29, 0.717) is 10.9 Å². The number of halogens is 2. The lowest BCUT2D eigenvalue weighted by Gasteiger charge is -2.13. The maximum Gasteiger partial charge on any atom is 0.297 e. The highest BCUT2D eigenvalue weighted by Crippen LogP contribution is 2.30. The van der Waals surface area contributed by atoms with Crippen molar-refractivity contribution in [3.63, 3.8) is 0 Å². The molecule has 0 bridgehead atoms. The van der Waals surface area contributed by atoms with Crippen molar-refractivity contribution in [2.45, 2.75) is 6.54 Å². The summed E-state index contributed by atoms with van der Waals surface area (Å²) in [6, 6.07) is 9.18. The third-order valence-electron chi connectivity index (χ3n) is 4.79. The predicted octanol–water partition coefficient (Wildman–Crippen LogP) is 2.34. The van der Waals surface area contributed by atoms with Crippen molar-refractivity contribution in [3.8, 4) is 17.6 Å². The van der Waals surface area contributed by atoms with Gasteiger partial charge in [-0.3, -0.25) is 18.7 Å². The molecule has 0 aliphatic heterocycles. The summed E-state index contributed by atoms with van der Waals surface area (Å²) in [5.74, 6) is -3.25. The molecule has 0 fully saturated rings. The van der Waals surface area contributed by atoms with E-state index in [1.165, 1.54) is 49.6 Å². The number of nitrogens with one attached hydrogen (secondary N) is 1. The smallest absolute Gasteiger partial charge is 0.297 e. The number of benzene rings is 2. The lowest BCUT2D eigenvalue weighted by atomic mass is 10.2. The molecule has 0 unspecified atom stereocenters. The minimum atomic E-state index is -0.916. The Bertz CT molecular complexity index is 1380. The first kappa shape index (κ1) is 20.1. The van der Waals surface area contributed by atoms with E-state index in [2.05, 4.69) is 10.3 Å². The third-order valence-corrected chi connectivity index (χ3v) is 4.79. The molecular weight excluding hydrogens is 410 g/mol. The summed E-state index contributed by atoms with van der Waals surface area (Å²) in [5, 5.41) is 23.8. The van der Waals surface area contributed by atoms with Crippen LogP contribution in [0.25, 0.3) is 16.7 Å². The standard InChI is InChI=1S/C21H16F2N4O4/c1-26-20(31)17(28)16(18(29)24-9-11-2-5-13(22)6-3-11)25-21(26)27-10-12-4-7-14(23)8-15(12)19(27)30/h2-8,10,28,30H,9H2,1H3,(H,24,29). The first-order valence-corrected chi connectivity index (χ1v) is 9.09. The van der Waals surface area contributed by atoms with Gasteiger partial charge >= 0.3 is 0 Å². The van der Waals surface area contributed by atoms with Crippen LogP contribution < -0.4 is 10.9 Å². The zero-order chi connectivity index (χ0) is 22.3. The molecule has 3 N–H and O–H groups in total. The second-order valence-corrected chi connectivity index (χ2v) is 6.84. The molecule has 1 amide bonds. The fraction of sp³-hybridized carbons (Fsp3) is 0.0952. The van der Waals surface area contributed by atoms with Crippen LogP contribution in [0.3, 0.4) is 0 Å². The first-order valence-electron chi connectivity index (χ1n) is 9.09. The van der Waals surface area contributed by atoms with Gasteiger partial charge in [0.25, 0.3) is 11.5 Å². The molecule has 0 atom stereocenters. The highest BCUT2D eigenvalue weighted by Gasteiger charge is 2.22. The minimum Gasteiger partial charge on any atom is -0.501 e. The average Bonchev–Trinajstić information content (AvgIpc) is 3.07. The lowest BCUT2D eigenvalue weighted by Crippen LogP contribution is -2.30. The van der Waals surface area contributed by atoms with E-state index in [-0.39, 0.29) is 23.8 Å². The zero-order valence-corrected chi connectivity index (χ0v) is 16.1. The largest absolute Gasteiger partial charge is 0.501 e. The molecule has 8 nitrogen and oxygen atoms in total. The van der Waals surface area contributed by atoms with Gasteiger partial charge in [0, 0.05) is 30.6 Å². The van der Waals surface area contributed by atoms with Crippen molar-refractivity contribution in [3.05, 3.63) is 81.9 Å². The minimum absolute atomic E-state index is 0.00269. The number of carbonyl (C=O) groups excluding carboxylic acids is 1. The number of carbonyl (C=O) groups is 1. The van der Waals surface area contributed by atoms with Crippen LogP contribution in [-0.2, 0) is 13.6 Å². The van der Waals surface area contributed by atoms with Crippen molar-refractivity contribution in [2.75, 3.05) is 0 Å². The topological polar surface area (TPSA) is 109 Å². The average molecular weight is 426 g/mol. The molecule has 2 heterocycles. The fourth-order valence-corrected chi connectivity index (χ4v) is 3.14. The number of hydrogen-bond acceptors (Lipinski definition) is 5. The highest BCUT2D eigenvalue weighted by atomic mass is 19.1. The Morgan fingerprint density at radius 1 is 1.10 bits per heavy atom. The van der Waals surface area contributed by atoms with Crippen LogP contribution in [0, 0.1) is 11.6 Å². The van der Waals surface area contributed by atoms with Gasteiger partial charge in [-0.05, 0) is 35.9 Å². The van der Waals surface area contributed by atoms with Crippen LogP contribution >= 0.6 is 0 Å². The summed E-state index contributed by atoms with van der Waals surface area (Å²) in [6.07, 6.45) is 1.42. The molecule has 2 aromatic heterocycles. The van der Waals surface area contributed by atoms with E-state index in [9.17, 15) is 28.6 Å². The second kappa shape index (κ2) is 7.56. The van der Waals surface area contributed by atoms with Gasteiger partial charge < -0.3 is 15.5 Å². The van der Waals surface area contributed by atoms with E-state index in [4.69, 9.17) is 0 Å². The van der Waals surface area contributed by atoms with Gasteiger partial charge in [-0.25, -0.2) is 13.8 Å². The van der Waals surface area contributed by atoms with Crippen LogP contribution in [0.1, 0.15) is 16.1 Å². The Balaban J connectivity index is 1.74. The molecule has 158 valence electrons. The van der Waals surface area contributed by atoms with Crippen molar-refractivity contribution in [1.82, 2.24) is 19.4 Å². The Morgan fingerprint density at radius 2 is 1.77 bits per heavy atom. The van der Waals surface area contributed by atoms with Crippen molar-refractivity contribution < 1.29 is 23.8 Å². The molecule has 0 aliphatic carbocycles. The molecule has 0 spiro atoms. The molecule has 4 aromatic rings. The highest BCUT2D eigenvalue weighted by molar-refractivity contribution is 5.95. The number of fused-ring (bicyclic) bond motifs is 1. The lowest BCUT2D eigenvalue weighted by molar-refractivity contribution is 0.0942. The summed E-state index contributed by atoms with van der Waals surface area (Å²) >= 11 is 0. The number of hydrogen-bond donors (Lipinski definition) is 3. The Kier molecular flexibility index (Phi) is 4.90. The number of aromatic nitrogens is 3. The Labute approximate surface area is 173 Å². The molecule has 0 saturated heterocycles.